The first kappa shape index (κ1) is 16.1. The molecule has 9 heteroatoms. The van der Waals surface area contributed by atoms with Gasteiger partial charge in [-0.3, -0.25) is 0 Å². The van der Waals surface area contributed by atoms with Crippen molar-refractivity contribution in [3.05, 3.63) is 23.2 Å². The molecule has 0 bridgehead atoms. The molecule has 3 N–H and O–H groups in total. The maximum Gasteiger partial charge on any atom is 0.252 e. The van der Waals surface area contributed by atoms with E-state index in [4.69, 9.17) is 22.4 Å². The summed E-state index contributed by atoms with van der Waals surface area (Å²) in [4.78, 5) is -0.358. The van der Waals surface area contributed by atoms with Crippen molar-refractivity contribution in [3.63, 3.8) is 0 Å². The highest BCUT2D eigenvalue weighted by Crippen LogP contribution is 2.27. The lowest BCUT2D eigenvalue weighted by atomic mass is 10.3. The van der Waals surface area contributed by atoms with Crippen molar-refractivity contribution in [2.45, 2.75) is 11.3 Å². The van der Waals surface area contributed by atoms with E-state index >= 15 is 0 Å². The maximum atomic E-state index is 12.4. The number of nitrogens with two attached hydrogens (primary N) is 1. The Labute approximate surface area is 114 Å². The predicted molar refractivity (Wildman–Crippen MR) is 67.7 cm³/mol. The maximum absolute atomic E-state index is 12.4. The van der Waals surface area contributed by atoms with Crippen LogP contribution in [0.2, 0.25) is 5.02 Å². The quantitative estimate of drug-likeness (QED) is 0.772. The van der Waals surface area contributed by atoms with Crippen molar-refractivity contribution in [3.8, 4) is 0 Å². The first-order chi connectivity index (χ1) is 8.78. The van der Waals surface area contributed by atoms with Crippen molar-refractivity contribution < 1.29 is 22.3 Å². The largest absolute Gasteiger partial charge is 0.399 e. The molecule has 108 valence electrons. The number of sulfonamides is 1. The lowest BCUT2D eigenvalue weighted by Crippen LogP contribution is -2.37. The molecule has 5 nitrogen and oxygen atoms in total. The van der Waals surface area contributed by atoms with Gasteiger partial charge >= 0.3 is 0 Å². The van der Waals surface area contributed by atoms with E-state index in [0.29, 0.717) is 4.31 Å². The van der Waals surface area contributed by atoms with Gasteiger partial charge in [0.25, 0.3) is 6.43 Å². The zero-order chi connectivity index (χ0) is 14.6. The number of aliphatic hydroxyl groups is 1. The first-order valence-electron chi connectivity index (χ1n) is 5.23. The molecule has 0 saturated heterocycles. The molecule has 0 aliphatic carbocycles. The molecule has 0 aromatic heterocycles. The van der Waals surface area contributed by atoms with Crippen LogP contribution >= 0.6 is 11.6 Å². The molecule has 0 aliphatic heterocycles. The number of hydrogen-bond donors (Lipinski definition) is 2. The molecule has 0 heterocycles. The van der Waals surface area contributed by atoms with Crippen molar-refractivity contribution in [2.75, 3.05) is 25.4 Å². The number of anilines is 1. The summed E-state index contributed by atoms with van der Waals surface area (Å²) in [6.07, 6.45) is -2.86. The van der Waals surface area contributed by atoms with Crippen molar-refractivity contribution in [2.24, 2.45) is 0 Å². The molecule has 0 radical (unpaired) electrons. The highest BCUT2D eigenvalue weighted by atomic mass is 35.5. The Morgan fingerprint density at radius 3 is 2.58 bits per heavy atom. The fraction of sp³-hybridized carbons (Fsp3) is 0.400. The Morgan fingerprint density at radius 1 is 1.42 bits per heavy atom. The van der Waals surface area contributed by atoms with E-state index in [9.17, 15) is 17.2 Å². The molecule has 0 spiro atoms. The summed E-state index contributed by atoms with van der Waals surface area (Å²) in [6.45, 7) is -2.04. The number of aliphatic hydroxyl groups excluding tert-OH is 1. The Kier molecular flexibility index (Phi) is 5.48. The standard InChI is InChI=1S/C10H13ClF2N2O3S/c11-8-2-1-7(14)5-9(8)19(17,18)15(3-4-16)6-10(12)13/h1-2,5,10,16H,3-4,6,14H2. The van der Waals surface area contributed by atoms with Gasteiger partial charge in [0.1, 0.15) is 4.90 Å². The molecule has 0 unspecified atom stereocenters. The number of benzene rings is 1. The fourth-order valence-electron chi connectivity index (χ4n) is 1.43. The summed E-state index contributed by atoms with van der Waals surface area (Å²) in [5.41, 5.74) is 5.60. The molecule has 0 saturated carbocycles. The van der Waals surface area contributed by atoms with Crippen LogP contribution < -0.4 is 5.73 Å². The molecule has 1 aromatic carbocycles. The molecule has 0 aliphatic rings. The monoisotopic (exact) mass is 314 g/mol. The van der Waals surface area contributed by atoms with Gasteiger partial charge in [-0.1, -0.05) is 11.6 Å². The van der Waals surface area contributed by atoms with E-state index in [2.05, 4.69) is 0 Å². The zero-order valence-electron chi connectivity index (χ0n) is 9.76. The van der Waals surface area contributed by atoms with E-state index < -0.39 is 36.1 Å². The highest BCUT2D eigenvalue weighted by Gasteiger charge is 2.28. The summed E-state index contributed by atoms with van der Waals surface area (Å²) >= 11 is 5.75. The summed E-state index contributed by atoms with van der Waals surface area (Å²) in [5, 5.41) is 8.66. The first-order valence-corrected chi connectivity index (χ1v) is 7.05. The van der Waals surface area contributed by atoms with Gasteiger partial charge in [0.15, 0.2) is 0 Å². The summed E-state index contributed by atoms with van der Waals surface area (Å²) in [7, 11) is -4.23. The van der Waals surface area contributed by atoms with E-state index in [-0.39, 0.29) is 15.6 Å². The van der Waals surface area contributed by atoms with Crippen LogP contribution in [0.1, 0.15) is 0 Å². The second kappa shape index (κ2) is 6.47. The minimum absolute atomic E-state index is 0.119. The molecular formula is C10H13ClF2N2O3S. The van der Waals surface area contributed by atoms with E-state index in [1.165, 1.54) is 12.1 Å². The van der Waals surface area contributed by atoms with Crippen LogP contribution in [0.25, 0.3) is 0 Å². The van der Waals surface area contributed by atoms with E-state index in [1.54, 1.807) is 0 Å². The third-order valence-corrected chi connectivity index (χ3v) is 4.61. The zero-order valence-corrected chi connectivity index (χ0v) is 11.3. The Hall–Kier alpha value is -0.960. The third kappa shape index (κ3) is 4.00. The highest BCUT2D eigenvalue weighted by molar-refractivity contribution is 7.89. The molecule has 0 amide bonds. The number of alkyl halides is 2. The Bertz CT molecular complexity index is 540. The second-order valence-corrected chi connectivity index (χ2v) is 5.98. The molecule has 19 heavy (non-hydrogen) atoms. The van der Waals surface area contributed by atoms with Gasteiger partial charge in [0.05, 0.1) is 18.2 Å². The van der Waals surface area contributed by atoms with Crippen LogP contribution in [0.15, 0.2) is 23.1 Å². The number of nitrogens with zero attached hydrogens (tertiary/aromatic N) is 1. The van der Waals surface area contributed by atoms with Gasteiger partial charge in [-0.2, -0.15) is 4.31 Å². The van der Waals surface area contributed by atoms with Crippen molar-refractivity contribution in [1.82, 2.24) is 4.31 Å². The molecular weight excluding hydrogens is 302 g/mol. The second-order valence-electron chi connectivity index (χ2n) is 3.67. The fourth-order valence-corrected chi connectivity index (χ4v) is 3.35. The Morgan fingerprint density at radius 2 is 2.05 bits per heavy atom. The minimum Gasteiger partial charge on any atom is -0.399 e. The van der Waals surface area contributed by atoms with Gasteiger partial charge in [0, 0.05) is 12.2 Å². The smallest absolute Gasteiger partial charge is 0.252 e. The minimum atomic E-state index is -4.23. The van der Waals surface area contributed by atoms with E-state index in [1.807, 2.05) is 0 Å². The van der Waals surface area contributed by atoms with Crippen LogP contribution in [-0.2, 0) is 10.0 Å². The number of hydrogen-bond acceptors (Lipinski definition) is 4. The van der Waals surface area contributed by atoms with Crippen LogP contribution in [0.5, 0.6) is 0 Å². The number of rotatable bonds is 6. The van der Waals surface area contributed by atoms with E-state index in [0.717, 1.165) is 6.07 Å². The summed E-state index contributed by atoms with van der Waals surface area (Å²) < 4.78 is 49.6. The SMILES string of the molecule is Nc1ccc(Cl)c(S(=O)(=O)N(CCO)CC(F)F)c1. The van der Waals surface area contributed by atoms with Gasteiger partial charge in [-0.05, 0) is 18.2 Å². The van der Waals surface area contributed by atoms with Gasteiger partial charge in [-0.25, -0.2) is 17.2 Å². The lowest BCUT2D eigenvalue weighted by Gasteiger charge is -2.21. The topological polar surface area (TPSA) is 83.6 Å². The Balaban J connectivity index is 3.22. The molecule has 0 fully saturated rings. The van der Waals surface area contributed by atoms with Gasteiger partial charge in [0.2, 0.25) is 10.0 Å². The van der Waals surface area contributed by atoms with Gasteiger partial charge < -0.3 is 10.8 Å². The number of nitrogen functional groups attached to an aromatic ring is 1. The molecule has 1 aromatic rings. The molecule has 0 atom stereocenters. The lowest BCUT2D eigenvalue weighted by molar-refractivity contribution is 0.113. The van der Waals surface area contributed by atoms with Crippen LogP contribution in [-0.4, -0.2) is 44.0 Å². The van der Waals surface area contributed by atoms with Crippen molar-refractivity contribution >= 4 is 27.3 Å². The summed E-state index contributed by atoms with van der Waals surface area (Å²) in [5.74, 6) is 0. The van der Waals surface area contributed by atoms with Crippen LogP contribution in [0.4, 0.5) is 14.5 Å². The molecule has 1 rings (SSSR count). The van der Waals surface area contributed by atoms with Crippen LogP contribution in [0.3, 0.4) is 0 Å². The average Bonchev–Trinajstić information content (AvgIpc) is 2.31. The van der Waals surface area contributed by atoms with Crippen LogP contribution in [0, 0.1) is 0 Å². The van der Waals surface area contributed by atoms with Crippen molar-refractivity contribution in [1.29, 1.82) is 0 Å². The van der Waals surface area contributed by atoms with Gasteiger partial charge in [-0.15, -0.1) is 0 Å². The summed E-state index contributed by atoms with van der Waals surface area (Å²) in [6, 6.07) is 3.75. The third-order valence-electron chi connectivity index (χ3n) is 2.26. The average molecular weight is 315 g/mol. The predicted octanol–water partition coefficient (Wildman–Crippen LogP) is 1.17. The normalized spacial score (nSPS) is 12.3. The number of halogens is 3.